The molecule has 0 saturated heterocycles. The van der Waals surface area contributed by atoms with Crippen molar-refractivity contribution in [3.05, 3.63) is 34.2 Å². The van der Waals surface area contributed by atoms with Crippen molar-refractivity contribution in [2.75, 3.05) is 10.6 Å². The van der Waals surface area contributed by atoms with Gasteiger partial charge in [-0.25, -0.2) is 14.4 Å². The van der Waals surface area contributed by atoms with Gasteiger partial charge in [-0.05, 0) is 63.5 Å². The Kier molecular flexibility index (Phi) is 7.18. The lowest BCUT2D eigenvalue weighted by atomic mass is 9.85. The molecule has 2 aliphatic carbocycles. The van der Waals surface area contributed by atoms with Crippen LogP contribution in [0.4, 0.5) is 22.0 Å². The summed E-state index contributed by atoms with van der Waals surface area (Å²) in [5, 5.41) is 16.8. The van der Waals surface area contributed by atoms with Gasteiger partial charge in [0.05, 0.1) is 28.0 Å². The van der Waals surface area contributed by atoms with E-state index >= 15 is 0 Å². The second-order valence-electron chi connectivity index (χ2n) is 9.65. The van der Waals surface area contributed by atoms with Gasteiger partial charge in [0, 0.05) is 18.0 Å². The molecule has 0 spiro atoms. The normalized spacial score (nSPS) is 24.6. The minimum atomic E-state index is -0.539. The fourth-order valence-electron chi connectivity index (χ4n) is 5.26. The van der Waals surface area contributed by atoms with Gasteiger partial charge in [0.1, 0.15) is 11.3 Å². The second kappa shape index (κ2) is 10.4. The highest BCUT2D eigenvalue weighted by Crippen LogP contribution is 2.39. The number of hydrogen-bond acceptors (Lipinski definition) is 7. The molecule has 2 aliphatic rings. The fraction of sp³-hybridized carbons (Fsp3) is 0.500. The molecule has 2 heterocycles. The van der Waals surface area contributed by atoms with Crippen LogP contribution >= 0.6 is 23.2 Å². The standard InChI is InChI=1S/C24H28Cl2FN7O2/c25-17-8-13(27)9-18(26)20(17)32-24-31-19-11-29-23(30-14-2-1-3-16(35)10-14)33-22(19)34(24)15-6-4-12(5-7-15)21(28)36/h8-9,11-12,14-16,35H,1-7,10H2,(H2,28,36)(H,31,32)(H,29,30,33)/t12?,14-,15?,16+/m1/s1. The van der Waals surface area contributed by atoms with Crippen molar-refractivity contribution in [2.45, 2.75) is 69.6 Å². The maximum atomic E-state index is 13.8. The van der Waals surface area contributed by atoms with Gasteiger partial charge in [0.25, 0.3) is 0 Å². The van der Waals surface area contributed by atoms with Gasteiger partial charge in [-0.2, -0.15) is 4.98 Å². The number of hydrogen-bond donors (Lipinski definition) is 4. The van der Waals surface area contributed by atoms with Crippen LogP contribution in [0.15, 0.2) is 18.3 Å². The van der Waals surface area contributed by atoms with Gasteiger partial charge in [-0.15, -0.1) is 0 Å². The highest BCUT2D eigenvalue weighted by molar-refractivity contribution is 6.39. The molecule has 5 N–H and O–H groups in total. The molecule has 1 amide bonds. The number of aromatic nitrogens is 4. The molecule has 2 saturated carbocycles. The molecule has 36 heavy (non-hydrogen) atoms. The summed E-state index contributed by atoms with van der Waals surface area (Å²) in [7, 11) is 0. The Balaban J connectivity index is 1.51. The Labute approximate surface area is 217 Å². The molecule has 0 aliphatic heterocycles. The predicted molar refractivity (Wildman–Crippen MR) is 137 cm³/mol. The lowest BCUT2D eigenvalue weighted by molar-refractivity contribution is -0.122. The Morgan fingerprint density at radius 1 is 1.11 bits per heavy atom. The molecule has 192 valence electrons. The van der Waals surface area contributed by atoms with Gasteiger partial charge in [0.2, 0.25) is 17.8 Å². The smallest absolute Gasteiger partial charge is 0.224 e. The lowest BCUT2D eigenvalue weighted by Crippen LogP contribution is -2.30. The van der Waals surface area contributed by atoms with Crippen LogP contribution in [0.1, 0.15) is 57.4 Å². The third-order valence-corrected chi connectivity index (χ3v) is 7.72. The van der Waals surface area contributed by atoms with E-state index in [4.69, 9.17) is 38.9 Å². The first-order chi connectivity index (χ1) is 17.3. The molecular weight excluding hydrogens is 508 g/mol. The molecule has 0 radical (unpaired) electrons. The number of aliphatic hydroxyl groups is 1. The number of halogens is 3. The minimum absolute atomic E-state index is 0.00893. The third-order valence-electron chi connectivity index (χ3n) is 7.12. The number of imidazole rings is 1. The SMILES string of the molecule is NC(=O)C1CCC(n2c(Nc3c(Cl)cc(F)cc3Cl)nc3cnc(N[C@@H]4CCC[C@H](O)C4)nc32)CC1. The number of primary amides is 1. The van der Waals surface area contributed by atoms with E-state index in [2.05, 4.69) is 15.6 Å². The van der Waals surface area contributed by atoms with Crippen LogP contribution in [0.3, 0.4) is 0 Å². The number of aliphatic hydroxyl groups excluding tert-OH is 1. The molecule has 9 nitrogen and oxygen atoms in total. The molecule has 1 aromatic carbocycles. The van der Waals surface area contributed by atoms with E-state index in [1.807, 2.05) is 4.57 Å². The summed E-state index contributed by atoms with van der Waals surface area (Å²) in [6.07, 6.45) is 7.38. The first-order valence-corrected chi connectivity index (χ1v) is 12.9. The molecular formula is C24H28Cl2FN7O2. The number of nitrogens with one attached hydrogen (secondary N) is 2. The number of nitrogens with zero attached hydrogens (tertiary/aromatic N) is 4. The zero-order valence-electron chi connectivity index (χ0n) is 19.6. The number of fused-ring (bicyclic) bond motifs is 1. The van der Waals surface area contributed by atoms with E-state index in [1.54, 1.807) is 6.20 Å². The molecule has 2 aromatic heterocycles. The van der Waals surface area contributed by atoms with Crippen LogP contribution in [-0.2, 0) is 4.79 Å². The van der Waals surface area contributed by atoms with Crippen LogP contribution in [0, 0.1) is 11.7 Å². The molecule has 2 fully saturated rings. The fourth-order valence-corrected chi connectivity index (χ4v) is 5.82. The van der Waals surface area contributed by atoms with Crippen molar-refractivity contribution >= 4 is 57.9 Å². The molecule has 3 aromatic rings. The number of nitrogens with two attached hydrogens (primary N) is 1. The molecule has 0 unspecified atom stereocenters. The van der Waals surface area contributed by atoms with Gasteiger partial charge < -0.3 is 21.5 Å². The van der Waals surface area contributed by atoms with Crippen LogP contribution in [0.2, 0.25) is 10.0 Å². The van der Waals surface area contributed by atoms with Crippen molar-refractivity contribution in [3.8, 4) is 0 Å². The van der Waals surface area contributed by atoms with E-state index in [0.29, 0.717) is 60.9 Å². The van der Waals surface area contributed by atoms with E-state index in [9.17, 15) is 14.3 Å². The van der Waals surface area contributed by atoms with Crippen molar-refractivity contribution in [2.24, 2.45) is 11.7 Å². The highest BCUT2D eigenvalue weighted by Gasteiger charge is 2.30. The van der Waals surface area contributed by atoms with Gasteiger partial charge in [0.15, 0.2) is 5.65 Å². The summed E-state index contributed by atoms with van der Waals surface area (Å²) in [6.45, 7) is 0. The number of amides is 1. The average Bonchev–Trinajstić information content (AvgIpc) is 3.18. The van der Waals surface area contributed by atoms with Crippen LogP contribution in [0.25, 0.3) is 11.2 Å². The van der Waals surface area contributed by atoms with E-state index in [0.717, 1.165) is 19.3 Å². The Bertz CT molecular complexity index is 1260. The quantitative estimate of drug-likeness (QED) is 0.351. The summed E-state index contributed by atoms with van der Waals surface area (Å²) in [5.41, 5.74) is 7.06. The topological polar surface area (TPSA) is 131 Å². The van der Waals surface area contributed by atoms with Gasteiger partial charge in [-0.1, -0.05) is 23.2 Å². The van der Waals surface area contributed by atoms with E-state index in [-0.39, 0.29) is 40.1 Å². The monoisotopic (exact) mass is 535 g/mol. The lowest BCUT2D eigenvalue weighted by Gasteiger charge is -2.29. The number of anilines is 3. The van der Waals surface area contributed by atoms with Crippen LogP contribution < -0.4 is 16.4 Å². The first-order valence-electron chi connectivity index (χ1n) is 12.2. The molecule has 5 rings (SSSR count). The molecule has 2 atom stereocenters. The van der Waals surface area contributed by atoms with Crippen molar-refractivity contribution in [1.82, 2.24) is 19.5 Å². The van der Waals surface area contributed by atoms with Crippen LogP contribution in [-0.4, -0.2) is 42.7 Å². The zero-order valence-corrected chi connectivity index (χ0v) is 21.1. The average molecular weight is 536 g/mol. The van der Waals surface area contributed by atoms with E-state index < -0.39 is 5.82 Å². The minimum Gasteiger partial charge on any atom is -0.393 e. The Morgan fingerprint density at radius 2 is 1.83 bits per heavy atom. The van der Waals surface area contributed by atoms with Crippen molar-refractivity contribution < 1.29 is 14.3 Å². The summed E-state index contributed by atoms with van der Waals surface area (Å²) >= 11 is 12.6. The molecule has 0 bridgehead atoms. The van der Waals surface area contributed by atoms with Gasteiger partial charge >= 0.3 is 0 Å². The van der Waals surface area contributed by atoms with Gasteiger partial charge in [-0.3, -0.25) is 9.36 Å². The summed E-state index contributed by atoms with van der Waals surface area (Å²) in [6, 6.07) is 2.44. The second-order valence-corrected chi connectivity index (χ2v) is 10.5. The number of carbonyl (C=O) groups is 1. The summed E-state index contributed by atoms with van der Waals surface area (Å²) in [4.78, 5) is 25.6. The Morgan fingerprint density at radius 3 is 2.50 bits per heavy atom. The van der Waals surface area contributed by atoms with Crippen molar-refractivity contribution in [1.29, 1.82) is 0 Å². The van der Waals surface area contributed by atoms with Crippen LogP contribution in [0.5, 0.6) is 0 Å². The third kappa shape index (κ3) is 5.21. The number of benzene rings is 1. The predicted octanol–water partition coefficient (Wildman–Crippen LogP) is 4.95. The highest BCUT2D eigenvalue weighted by atomic mass is 35.5. The number of carbonyl (C=O) groups excluding carboxylic acids is 1. The first kappa shape index (κ1) is 25.0. The zero-order chi connectivity index (χ0) is 25.4. The largest absolute Gasteiger partial charge is 0.393 e. The molecule has 12 heteroatoms. The number of rotatable bonds is 6. The maximum Gasteiger partial charge on any atom is 0.224 e. The van der Waals surface area contributed by atoms with Crippen molar-refractivity contribution in [3.63, 3.8) is 0 Å². The summed E-state index contributed by atoms with van der Waals surface area (Å²) < 4.78 is 15.7. The Hall–Kier alpha value is -2.69. The maximum absolute atomic E-state index is 13.8. The van der Waals surface area contributed by atoms with E-state index in [1.165, 1.54) is 12.1 Å². The summed E-state index contributed by atoms with van der Waals surface area (Å²) in [5.74, 6) is -0.0719.